The summed E-state index contributed by atoms with van der Waals surface area (Å²) in [5, 5.41) is 4.92. The maximum Gasteiger partial charge on any atom is 0.141 e. The van der Waals surface area contributed by atoms with Gasteiger partial charge in [0.25, 0.3) is 0 Å². The van der Waals surface area contributed by atoms with E-state index in [1.54, 1.807) is 0 Å². The van der Waals surface area contributed by atoms with Crippen molar-refractivity contribution in [2.45, 2.75) is 6.54 Å². The molecule has 0 saturated heterocycles. The summed E-state index contributed by atoms with van der Waals surface area (Å²) in [7, 11) is 0. The zero-order valence-electron chi connectivity index (χ0n) is 21.3. The number of nitrogens with zero attached hydrogens (tertiary/aromatic N) is 3. The third-order valence-electron chi connectivity index (χ3n) is 7.74. The summed E-state index contributed by atoms with van der Waals surface area (Å²) >= 11 is 0. The maximum atomic E-state index is 5.24. The average Bonchev–Trinajstić information content (AvgIpc) is 3.51. The van der Waals surface area contributed by atoms with Gasteiger partial charge in [0.15, 0.2) is 0 Å². The smallest absolute Gasteiger partial charge is 0.141 e. The molecule has 2 aromatic heterocycles. The lowest BCUT2D eigenvalue weighted by Crippen LogP contribution is -2.02. The summed E-state index contributed by atoms with van der Waals surface area (Å²) in [5.41, 5.74) is 8.12. The largest absolute Gasteiger partial charge is 0.319 e. The molecule has 0 aliphatic rings. The number of imidazole rings is 1. The molecule has 0 spiro atoms. The van der Waals surface area contributed by atoms with Crippen LogP contribution in [0.4, 0.5) is 0 Å². The Morgan fingerprint density at radius 3 is 2.00 bits per heavy atom. The minimum atomic E-state index is 0.759. The van der Waals surface area contributed by atoms with E-state index in [2.05, 4.69) is 149 Å². The zero-order valence-corrected chi connectivity index (χ0v) is 21.3. The molecule has 8 aromatic rings. The quantitative estimate of drug-likeness (QED) is 0.237. The van der Waals surface area contributed by atoms with E-state index in [0.717, 1.165) is 29.0 Å². The Hall–Kier alpha value is -5.15. The second-order valence-electron chi connectivity index (χ2n) is 10.1. The summed E-state index contributed by atoms with van der Waals surface area (Å²) in [6, 6.07) is 49.8. The van der Waals surface area contributed by atoms with Crippen molar-refractivity contribution in [3.63, 3.8) is 0 Å². The van der Waals surface area contributed by atoms with E-state index in [-0.39, 0.29) is 0 Å². The first-order valence-electron chi connectivity index (χ1n) is 13.4. The third kappa shape index (κ3) is 3.55. The summed E-state index contributed by atoms with van der Waals surface area (Å²) in [6.45, 7) is 0.759. The van der Waals surface area contributed by atoms with Gasteiger partial charge in [0.05, 0.1) is 22.1 Å². The van der Waals surface area contributed by atoms with E-state index < -0.39 is 0 Å². The Balaban J connectivity index is 1.39. The van der Waals surface area contributed by atoms with E-state index in [1.165, 1.54) is 43.8 Å². The molecule has 0 radical (unpaired) electrons. The highest BCUT2D eigenvalue weighted by Gasteiger charge is 2.17. The highest BCUT2D eigenvalue weighted by Crippen LogP contribution is 2.36. The van der Waals surface area contributed by atoms with Crippen LogP contribution in [0.1, 0.15) is 5.56 Å². The fourth-order valence-electron chi connectivity index (χ4n) is 5.92. The standard InChI is InChI=1S/C36H25N3/c1-3-11-25(12-4-1)24-38-35-23-27-14-8-7-13-26(27)22-32(35)37-36(38)28-19-20-34-31(21-28)30-17-9-10-18-33(30)39(34)29-15-5-2-6-16-29/h1-23H,24H2. The number of fused-ring (bicyclic) bond motifs is 5. The van der Waals surface area contributed by atoms with Crippen LogP contribution in [0, 0.1) is 0 Å². The van der Waals surface area contributed by atoms with Gasteiger partial charge in [0.2, 0.25) is 0 Å². The Kier molecular flexibility index (Phi) is 4.89. The van der Waals surface area contributed by atoms with Crippen LogP contribution in [0.5, 0.6) is 0 Å². The van der Waals surface area contributed by atoms with Crippen LogP contribution in [0.15, 0.2) is 140 Å². The van der Waals surface area contributed by atoms with Gasteiger partial charge in [0.1, 0.15) is 5.82 Å². The molecule has 39 heavy (non-hydrogen) atoms. The summed E-state index contributed by atoms with van der Waals surface area (Å²) in [6.07, 6.45) is 0. The van der Waals surface area contributed by atoms with E-state index in [1.807, 2.05) is 0 Å². The second kappa shape index (κ2) is 8.71. The van der Waals surface area contributed by atoms with Gasteiger partial charge in [-0.15, -0.1) is 0 Å². The van der Waals surface area contributed by atoms with Gasteiger partial charge in [-0.05, 0) is 64.9 Å². The first-order valence-corrected chi connectivity index (χ1v) is 13.4. The van der Waals surface area contributed by atoms with Crippen LogP contribution in [-0.2, 0) is 6.54 Å². The molecule has 0 unspecified atom stereocenters. The van der Waals surface area contributed by atoms with Gasteiger partial charge < -0.3 is 9.13 Å². The number of aromatic nitrogens is 3. The first kappa shape index (κ1) is 21.9. The summed E-state index contributed by atoms with van der Waals surface area (Å²) in [5.74, 6) is 0.989. The van der Waals surface area contributed by atoms with Gasteiger partial charge >= 0.3 is 0 Å². The molecule has 6 aromatic carbocycles. The second-order valence-corrected chi connectivity index (χ2v) is 10.1. The Morgan fingerprint density at radius 1 is 0.513 bits per heavy atom. The fourth-order valence-corrected chi connectivity index (χ4v) is 5.92. The third-order valence-corrected chi connectivity index (χ3v) is 7.74. The molecule has 2 heterocycles. The maximum absolute atomic E-state index is 5.24. The van der Waals surface area contributed by atoms with Gasteiger partial charge in [-0.25, -0.2) is 4.98 Å². The molecule has 0 aliphatic carbocycles. The van der Waals surface area contributed by atoms with Gasteiger partial charge in [-0.1, -0.05) is 91.0 Å². The van der Waals surface area contributed by atoms with Crippen molar-refractivity contribution in [1.82, 2.24) is 14.1 Å². The van der Waals surface area contributed by atoms with Crippen LogP contribution in [0.3, 0.4) is 0 Å². The molecule has 0 bridgehead atoms. The number of hydrogen-bond acceptors (Lipinski definition) is 1. The van der Waals surface area contributed by atoms with E-state index in [0.29, 0.717) is 0 Å². The summed E-state index contributed by atoms with van der Waals surface area (Å²) in [4.78, 5) is 5.24. The van der Waals surface area contributed by atoms with Crippen molar-refractivity contribution in [1.29, 1.82) is 0 Å². The highest BCUT2D eigenvalue weighted by atomic mass is 15.1. The van der Waals surface area contributed by atoms with Crippen molar-refractivity contribution in [3.05, 3.63) is 145 Å². The number of hydrogen-bond donors (Lipinski definition) is 0. The average molecular weight is 500 g/mol. The fraction of sp³-hybridized carbons (Fsp3) is 0.0278. The van der Waals surface area contributed by atoms with Crippen molar-refractivity contribution < 1.29 is 0 Å². The molecule has 3 heteroatoms. The normalized spacial score (nSPS) is 11.7. The molecule has 8 rings (SSSR count). The lowest BCUT2D eigenvalue weighted by molar-refractivity contribution is 0.835. The molecule has 184 valence electrons. The molecule has 0 saturated carbocycles. The SMILES string of the molecule is c1ccc(Cn2c(-c3ccc4c(c3)c3ccccc3n4-c3ccccc3)nc3cc4ccccc4cc32)cc1. The molecule has 0 aliphatic heterocycles. The lowest BCUT2D eigenvalue weighted by Gasteiger charge is -2.11. The lowest BCUT2D eigenvalue weighted by atomic mass is 10.1. The van der Waals surface area contributed by atoms with Gasteiger partial charge in [0, 0.05) is 28.6 Å². The number of para-hydroxylation sites is 2. The van der Waals surface area contributed by atoms with Crippen molar-refractivity contribution in [3.8, 4) is 17.1 Å². The van der Waals surface area contributed by atoms with Crippen molar-refractivity contribution in [2.24, 2.45) is 0 Å². The minimum absolute atomic E-state index is 0.759. The topological polar surface area (TPSA) is 22.8 Å². The predicted octanol–water partition coefficient (Wildman–Crippen LogP) is 9.00. The van der Waals surface area contributed by atoms with E-state index in [4.69, 9.17) is 4.98 Å². The minimum Gasteiger partial charge on any atom is -0.319 e. The van der Waals surface area contributed by atoms with Gasteiger partial charge in [-0.2, -0.15) is 0 Å². The molecular formula is C36H25N3. The van der Waals surface area contributed by atoms with Crippen molar-refractivity contribution >= 4 is 43.6 Å². The molecule has 0 fully saturated rings. The van der Waals surface area contributed by atoms with Crippen LogP contribution in [0.2, 0.25) is 0 Å². The van der Waals surface area contributed by atoms with Crippen LogP contribution < -0.4 is 0 Å². The molecule has 0 N–H and O–H groups in total. The highest BCUT2D eigenvalue weighted by molar-refractivity contribution is 6.10. The van der Waals surface area contributed by atoms with E-state index in [9.17, 15) is 0 Å². The molecule has 0 amide bonds. The molecular weight excluding hydrogens is 474 g/mol. The molecule has 3 nitrogen and oxygen atoms in total. The number of benzene rings is 6. The van der Waals surface area contributed by atoms with Crippen LogP contribution in [0.25, 0.3) is 60.7 Å². The zero-order chi connectivity index (χ0) is 25.8. The Bertz CT molecular complexity index is 2130. The van der Waals surface area contributed by atoms with Crippen LogP contribution in [-0.4, -0.2) is 14.1 Å². The molecule has 0 atom stereocenters. The Labute approximate surface area is 226 Å². The summed E-state index contributed by atoms with van der Waals surface area (Å²) < 4.78 is 4.72. The predicted molar refractivity (Wildman–Crippen MR) is 163 cm³/mol. The van der Waals surface area contributed by atoms with Crippen molar-refractivity contribution in [2.75, 3.05) is 0 Å². The van der Waals surface area contributed by atoms with Gasteiger partial charge in [-0.3, -0.25) is 0 Å². The monoisotopic (exact) mass is 499 g/mol. The van der Waals surface area contributed by atoms with Crippen LogP contribution >= 0.6 is 0 Å². The Morgan fingerprint density at radius 2 is 1.18 bits per heavy atom. The first-order chi connectivity index (χ1) is 19.3. The van der Waals surface area contributed by atoms with E-state index >= 15 is 0 Å². The number of rotatable bonds is 4.